The number of amides is 2. The molecule has 0 saturated carbocycles. The second-order valence-corrected chi connectivity index (χ2v) is 4.17. The summed E-state index contributed by atoms with van der Waals surface area (Å²) in [6.45, 7) is 0. The zero-order valence-electron chi connectivity index (χ0n) is 11.1. The van der Waals surface area contributed by atoms with Crippen LogP contribution in [-0.2, 0) is 0 Å². The van der Waals surface area contributed by atoms with E-state index in [1.807, 2.05) is 0 Å². The van der Waals surface area contributed by atoms with Crippen LogP contribution in [0.5, 0.6) is 0 Å². The van der Waals surface area contributed by atoms with Gasteiger partial charge in [0, 0.05) is 54.9 Å². The number of aromatic carboxylic acids is 1. The van der Waals surface area contributed by atoms with Crippen LogP contribution in [0.4, 0.5) is 0 Å². The summed E-state index contributed by atoms with van der Waals surface area (Å²) in [5.74, 6) is -2.84. The molecule has 0 atom stereocenters. The van der Waals surface area contributed by atoms with Crippen molar-refractivity contribution in [1.82, 2.24) is 4.98 Å². The molecule has 0 bridgehead atoms. The van der Waals surface area contributed by atoms with E-state index in [0.29, 0.717) is 0 Å². The standard InChI is InChI=1S/C14H11N3O4.Eu/c15-12(18)10-6-5-8(11(17-10)13(16)19)7-3-1-2-4-9(7)14(20)21;/h1-6H,(H2,15,18)(H2,16,19)(H,20,21);. The summed E-state index contributed by atoms with van der Waals surface area (Å²) >= 11 is 0. The predicted octanol–water partition coefficient (Wildman–Crippen LogP) is 0.645. The molecule has 0 aliphatic carbocycles. The SMILES string of the molecule is NC(=O)c1ccc(-c2ccccc2C(=O)O)c(C(N)=O)n1.[Eu]. The third-order valence-corrected chi connectivity index (χ3v) is 2.83. The number of hydrogen-bond acceptors (Lipinski definition) is 4. The Labute approximate surface area is 166 Å². The van der Waals surface area contributed by atoms with E-state index in [2.05, 4.69) is 4.98 Å². The smallest absolute Gasteiger partial charge is 0.336 e. The first-order valence-corrected chi connectivity index (χ1v) is 5.85. The fraction of sp³-hybridized carbons (Fsp3) is 0. The molecule has 2 aromatic rings. The predicted molar refractivity (Wildman–Crippen MR) is 73.7 cm³/mol. The monoisotopic (exact) mass is 438 g/mol. The van der Waals surface area contributed by atoms with Crippen molar-refractivity contribution >= 4 is 17.8 Å². The van der Waals surface area contributed by atoms with E-state index in [1.165, 1.54) is 24.3 Å². The molecule has 0 spiro atoms. The number of carbonyl (C=O) groups is 3. The molecule has 0 aliphatic heterocycles. The van der Waals surface area contributed by atoms with Crippen LogP contribution in [0.15, 0.2) is 36.4 Å². The number of primary amides is 2. The summed E-state index contributed by atoms with van der Waals surface area (Å²) < 4.78 is 0. The van der Waals surface area contributed by atoms with Gasteiger partial charge in [0.1, 0.15) is 11.4 Å². The normalized spacial score (nSPS) is 9.64. The molecule has 0 saturated heterocycles. The van der Waals surface area contributed by atoms with E-state index in [0.717, 1.165) is 0 Å². The van der Waals surface area contributed by atoms with E-state index in [4.69, 9.17) is 11.5 Å². The third-order valence-electron chi connectivity index (χ3n) is 2.83. The number of nitrogens with zero attached hydrogens (tertiary/aromatic N) is 1. The summed E-state index contributed by atoms with van der Waals surface area (Å²) in [6, 6.07) is 8.80. The van der Waals surface area contributed by atoms with Crippen LogP contribution in [-0.4, -0.2) is 27.9 Å². The molecule has 5 N–H and O–H groups in total. The molecule has 113 valence electrons. The minimum Gasteiger partial charge on any atom is -0.478 e. The zero-order chi connectivity index (χ0) is 15.6. The number of rotatable bonds is 4. The first kappa shape index (κ1) is 18.4. The van der Waals surface area contributed by atoms with Crippen molar-refractivity contribution in [2.75, 3.05) is 0 Å². The van der Waals surface area contributed by atoms with Crippen molar-refractivity contribution in [3.63, 3.8) is 0 Å². The fourth-order valence-corrected chi connectivity index (χ4v) is 1.91. The molecule has 1 aromatic heterocycles. The number of carboxylic acids is 1. The minimum absolute atomic E-state index is 0. The average molecular weight is 437 g/mol. The molecule has 2 rings (SSSR count). The molecule has 8 heteroatoms. The van der Waals surface area contributed by atoms with Gasteiger partial charge < -0.3 is 16.6 Å². The van der Waals surface area contributed by atoms with Gasteiger partial charge in [0.05, 0.1) is 5.56 Å². The Hall–Kier alpha value is -1.64. The van der Waals surface area contributed by atoms with E-state index >= 15 is 0 Å². The van der Waals surface area contributed by atoms with Gasteiger partial charge in [0.2, 0.25) is 0 Å². The molecule has 0 unspecified atom stereocenters. The summed E-state index contributed by atoms with van der Waals surface area (Å²) in [5.41, 5.74) is 10.5. The number of carbonyl (C=O) groups excluding carboxylic acids is 2. The number of pyridine rings is 1. The number of aromatic nitrogens is 1. The maximum absolute atomic E-state index is 11.5. The van der Waals surface area contributed by atoms with Crippen LogP contribution < -0.4 is 11.5 Å². The minimum atomic E-state index is -1.15. The maximum Gasteiger partial charge on any atom is 0.336 e. The number of carboxylic acid groups (broad SMARTS) is 1. The van der Waals surface area contributed by atoms with Crippen LogP contribution in [0.3, 0.4) is 0 Å². The Bertz CT molecular complexity index is 762. The van der Waals surface area contributed by atoms with Crippen molar-refractivity contribution in [2.45, 2.75) is 0 Å². The molecule has 1 heterocycles. The van der Waals surface area contributed by atoms with Gasteiger partial charge in [-0.15, -0.1) is 0 Å². The van der Waals surface area contributed by atoms with E-state index in [1.54, 1.807) is 12.1 Å². The Morgan fingerprint density at radius 3 is 2.09 bits per heavy atom. The fourth-order valence-electron chi connectivity index (χ4n) is 1.91. The molecule has 7 nitrogen and oxygen atoms in total. The summed E-state index contributed by atoms with van der Waals surface area (Å²) in [4.78, 5) is 37.7. The van der Waals surface area contributed by atoms with Gasteiger partial charge in [-0.3, -0.25) is 9.59 Å². The van der Waals surface area contributed by atoms with E-state index < -0.39 is 17.8 Å². The average Bonchev–Trinajstić information content (AvgIpc) is 2.46. The molecular formula is C14H11EuN3O4. The molecule has 0 fully saturated rings. The van der Waals surface area contributed by atoms with Gasteiger partial charge in [-0.25, -0.2) is 9.78 Å². The van der Waals surface area contributed by atoms with Gasteiger partial charge in [-0.1, -0.05) is 18.2 Å². The summed E-state index contributed by atoms with van der Waals surface area (Å²) in [6.07, 6.45) is 0. The quantitative estimate of drug-likeness (QED) is 0.645. The molecule has 1 aromatic carbocycles. The van der Waals surface area contributed by atoms with E-state index in [9.17, 15) is 19.5 Å². The molecule has 0 aliphatic rings. The van der Waals surface area contributed by atoms with Gasteiger partial charge in [-0.05, 0) is 23.8 Å². The first-order valence-electron chi connectivity index (χ1n) is 5.85. The number of nitrogens with two attached hydrogens (primary N) is 2. The zero-order valence-corrected chi connectivity index (χ0v) is 13.5. The van der Waals surface area contributed by atoms with E-state index in [-0.39, 0.29) is 77.5 Å². The van der Waals surface area contributed by atoms with Crippen LogP contribution in [0.2, 0.25) is 0 Å². The Morgan fingerprint density at radius 2 is 1.55 bits per heavy atom. The Kier molecular flexibility index (Phi) is 6.34. The van der Waals surface area contributed by atoms with Crippen LogP contribution in [0, 0.1) is 49.4 Å². The van der Waals surface area contributed by atoms with Gasteiger partial charge in [-0.2, -0.15) is 0 Å². The number of benzene rings is 1. The van der Waals surface area contributed by atoms with Crippen LogP contribution >= 0.6 is 0 Å². The molecule has 22 heavy (non-hydrogen) atoms. The summed E-state index contributed by atoms with van der Waals surface area (Å²) in [7, 11) is 0. The molecule has 1 radical (unpaired) electrons. The van der Waals surface area contributed by atoms with Crippen molar-refractivity contribution in [3.8, 4) is 11.1 Å². The van der Waals surface area contributed by atoms with Crippen LogP contribution in [0.1, 0.15) is 31.3 Å². The van der Waals surface area contributed by atoms with Crippen molar-refractivity contribution < 1.29 is 68.9 Å². The Morgan fingerprint density at radius 1 is 0.909 bits per heavy atom. The van der Waals surface area contributed by atoms with Crippen molar-refractivity contribution in [1.29, 1.82) is 0 Å². The van der Waals surface area contributed by atoms with Gasteiger partial charge >= 0.3 is 5.97 Å². The molecular weight excluding hydrogens is 426 g/mol. The second-order valence-electron chi connectivity index (χ2n) is 4.17. The summed E-state index contributed by atoms with van der Waals surface area (Å²) in [5, 5.41) is 9.19. The topological polar surface area (TPSA) is 136 Å². The van der Waals surface area contributed by atoms with Crippen molar-refractivity contribution in [2.24, 2.45) is 11.5 Å². The number of hydrogen-bond donors (Lipinski definition) is 3. The maximum atomic E-state index is 11.5. The van der Waals surface area contributed by atoms with Gasteiger partial charge in [0.15, 0.2) is 0 Å². The van der Waals surface area contributed by atoms with Gasteiger partial charge in [0.25, 0.3) is 11.8 Å². The third kappa shape index (κ3) is 3.76. The second kappa shape index (κ2) is 7.57. The Balaban J connectivity index is 0.00000242. The van der Waals surface area contributed by atoms with Crippen LogP contribution in [0.25, 0.3) is 11.1 Å². The molecule has 2 amide bonds. The van der Waals surface area contributed by atoms with Crippen molar-refractivity contribution in [3.05, 3.63) is 53.3 Å². The first-order chi connectivity index (χ1) is 9.91. The largest absolute Gasteiger partial charge is 0.478 e.